The number of methoxy groups -OCH3 is 1. The number of hydrogen-bond donors (Lipinski definition) is 2. The molecule has 9 heteroatoms. The molecule has 0 aliphatic rings. The summed E-state index contributed by atoms with van der Waals surface area (Å²) >= 11 is 4.10. The van der Waals surface area contributed by atoms with Gasteiger partial charge < -0.3 is 10.5 Å². The fraction of sp³-hybridized carbons (Fsp3) is 0.375. The summed E-state index contributed by atoms with van der Waals surface area (Å²) in [6.07, 6.45) is 0. The van der Waals surface area contributed by atoms with Crippen LogP contribution in [-0.2, 0) is 14.8 Å². The van der Waals surface area contributed by atoms with Crippen molar-refractivity contribution in [2.75, 3.05) is 20.2 Å². The molecule has 17 heavy (non-hydrogen) atoms. The molecule has 0 spiro atoms. The maximum Gasteiger partial charge on any atom is 0.348 e. The van der Waals surface area contributed by atoms with Gasteiger partial charge in [0.1, 0.15) is 9.77 Å². The number of carbonyl (C=O) groups excluding carboxylic acids is 1. The minimum atomic E-state index is -3.65. The lowest BCUT2D eigenvalue weighted by molar-refractivity contribution is 0.0606. The van der Waals surface area contributed by atoms with Crippen molar-refractivity contribution in [3.05, 3.63) is 14.7 Å². The van der Waals surface area contributed by atoms with Gasteiger partial charge in [0.05, 0.1) is 10.9 Å². The van der Waals surface area contributed by atoms with Gasteiger partial charge >= 0.3 is 5.97 Å². The van der Waals surface area contributed by atoms with Gasteiger partial charge in [0.2, 0.25) is 10.0 Å². The summed E-state index contributed by atoms with van der Waals surface area (Å²) in [5, 5.41) is 0. The summed E-state index contributed by atoms with van der Waals surface area (Å²) in [7, 11) is -2.42. The first-order valence-electron chi connectivity index (χ1n) is 4.49. The third kappa shape index (κ3) is 3.49. The molecule has 1 aromatic heterocycles. The average molecular weight is 343 g/mol. The molecular weight excluding hydrogens is 332 g/mol. The number of halogens is 1. The van der Waals surface area contributed by atoms with Crippen LogP contribution in [0.2, 0.25) is 0 Å². The van der Waals surface area contributed by atoms with Crippen molar-refractivity contribution < 1.29 is 17.9 Å². The molecule has 0 amide bonds. The quantitative estimate of drug-likeness (QED) is 0.760. The average Bonchev–Trinajstić information content (AvgIpc) is 2.68. The summed E-state index contributed by atoms with van der Waals surface area (Å²) in [4.78, 5) is 11.5. The topological polar surface area (TPSA) is 98.5 Å². The lowest BCUT2D eigenvalue weighted by Gasteiger charge is -2.03. The summed E-state index contributed by atoms with van der Waals surface area (Å²) in [5.74, 6) is -0.573. The SMILES string of the molecule is COC(=O)c1cc(S(=O)(=O)NCCN)c(Br)s1. The lowest BCUT2D eigenvalue weighted by Crippen LogP contribution is -2.29. The summed E-state index contributed by atoms with van der Waals surface area (Å²) < 4.78 is 30.8. The van der Waals surface area contributed by atoms with Crippen molar-refractivity contribution in [1.29, 1.82) is 0 Å². The monoisotopic (exact) mass is 342 g/mol. The van der Waals surface area contributed by atoms with Crippen LogP contribution < -0.4 is 10.5 Å². The summed E-state index contributed by atoms with van der Waals surface area (Å²) in [6.45, 7) is 0.336. The van der Waals surface area contributed by atoms with E-state index in [9.17, 15) is 13.2 Å². The van der Waals surface area contributed by atoms with Gasteiger partial charge in [-0.2, -0.15) is 0 Å². The zero-order valence-electron chi connectivity index (χ0n) is 8.90. The first-order chi connectivity index (χ1) is 7.92. The van der Waals surface area contributed by atoms with Gasteiger partial charge in [-0.3, -0.25) is 0 Å². The first kappa shape index (κ1) is 14.6. The Labute approximate surface area is 111 Å². The molecule has 0 aliphatic carbocycles. The molecule has 1 aromatic rings. The Balaban J connectivity index is 3.07. The van der Waals surface area contributed by atoms with Crippen LogP contribution in [0.4, 0.5) is 0 Å². The van der Waals surface area contributed by atoms with Crippen LogP contribution in [0.25, 0.3) is 0 Å². The van der Waals surface area contributed by atoms with E-state index in [0.29, 0.717) is 3.79 Å². The third-order valence-corrected chi connectivity index (χ3v) is 5.46. The van der Waals surface area contributed by atoms with E-state index >= 15 is 0 Å². The molecule has 96 valence electrons. The predicted molar refractivity (Wildman–Crippen MR) is 67.6 cm³/mol. The van der Waals surface area contributed by atoms with Gasteiger partial charge in [0.15, 0.2) is 0 Å². The molecule has 1 heterocycles. The highest BCUT2D eigenvalue weighted by Gasteiger charge is 2.22. The minimum absolute atomic E-state index is 0.0105. The fourth-order valence-electron chi connectivity index (χ4n) is 1.01. The second kappa shape index (κ2) is 5.91. The van der Waals surface area contributed by atoms with E-state index in [2.05, 4.69) is 25.4 Å². The number of carbonyl (C=O) groups is 1. The Morgan fingerprint density at radius 2 is 2.29 bits per heavy atom. The molecule has 0 bridgehead atoms. The fourth-order valence-corrected chi connectivity index (χ4v) is 4.54. The summed E-state index contributed by atoms with van der Waals surface area (Å²) in [5.41, 5.74) is 5.22. The second-order valence-corrected chi connectivity index (χ2v) is 7.03. The molecule has 0 fully saturated rings. The van der Waals surface area contributed by atoms with Crippen molar-refractivity contribution >= 4 is 43.3 Å². The molecule has 0 aliphatic heterocycles. The number of esters is 1. The molecule has 0 radical (unpaired) electrons. The van der Waals surface area contributed by atoms with Gasteiger partial charge in [-0.25, -0.2) is 17.9 Å². The largest absolute Gasteiger partial charge is 0.465 e. The Morgan fingerprint density at radius 1 is 1.65 bits per heavy atom. The van der Waals surface area contributed by atoms with Crippen LogP contribution in [0.15, 0.2) is 14.7 Å². The van der Waals surface area contributed by atoms with E-state index in [-0.39, 0.29) is 22.9 Å². The molecule has 0 saturated heterocycles. The van der Waals surface area contributed by atoms with Gasteiger partial charge in [0, 0.05) is 13.1 Å². The number of ether oxygens (including phenoxy) is 1. The zero-order valence-corrected chi connectivity index (χ0v) is 12.1. The first-order valence-corrected chi connectivity index (χ1v) is 7.59. The Bertz CT molecular complexity index is 512. The van der Waals surface area contributed by atoms with E-state index in [1.807, 2.05) is 0 Å². The highest BCUT2D eigenvalue weighted by atomic mass is 79.9. The van der Waals surface area contributed by atoms with E-state index in [0.717, 1.165) is 11.3 Å². The normalized spacial score (nSPS) is 11.5. The van der Waals surface area contributed by atoms with Crippen LogP contribution in [-0.4, -0.2) is 34.6 Å². The van der Waals surface area contributed by atoms with Crippen LogP contribution in [0, 0.1) is 0 Å². The Kier molecular flexibility index (Phi) is 5.07. The zero-order chi connectivity index (χ0) is 13.1. The Morgan fingerprint density at radius 3 is 2.82 bits per heavy atom. The highest BCUT2D eigenvalue weighted by molar-refractivity contribution is 9.11. The Hall–Kier alpha value is -0.480. The number of hydrogen-bond acceptors (Lipinski definition) is 6. The molecule has 3 N–H and O–H groups in total. The molecule has 0 saturated carbocycles. The molecule has 0 unspecified atom stereocenters. The number of thiophene rings is 1. The van der Waals surface area contributed by atoms with Crippen molar-refractivity contribution in [3.63, 3.8) is 0 Å². The molecule has 0 aromatic carbocycles. The number of rotatable bonds is 5. The van der Waals surface area contributed by atoms with E-state index in [4.69, 9.17) is 5.73 Å². The van der Waals surface area contributed by atoms with E-state index in [1.165, 1.54) is 13.2 Å². The number of nitrogens with two attached hydrogens (primary N) is 1. The standard InChI is InChI=1S/C8H11BrN2O4S2/c1-15-8(12)5-4-6(7(9)16-5)17(13,14)11-3-2-10/h4,11H,2-3,10H2,1H3. The maximum absolute atomic E-state index is 11.8. The van der Waals surface area contributed by atoms with Crippen molar-refractivity contribution in [2.24, 2.45) is 5.73 Å². The van der Waals surface area contributed by atoms with E-state index in [1.54, 1.807) is 0 Å². The van der Waals surface area contributed by atoms with Crippen LogP contribution in [0.1, 0.15) is 9.67 Å². The van der Waals surface area contributed by atoms with Crippen LogP contribution >= 0.6 is 27.3 Å². The van der Waals surface area contributed by atoms with E-state index < -0.39 is 16.0 Å². The third-order valence-electron chi connectivity index (χ3n) is 1.77. The van der Waals surface area contributed by atoms with Gasteiger partial charge in [-0.15, -0.1) is 11.3 Å². The van der Waals surface area contributed by atoms with Crippen molar-refractivity contribution in [3.8, 4) is 0 Å². The van der Waals surface area contributed by atoms with Crippen LogP contribution in [0.5, 0.6) is 0 Å². The van der Waals surface area contributed by atoms with Gasteiger partial charge in [-0.1, -0.05) is 0 Å². The molecule has 0 atom stereocenters. The van der Waals surface area contributed by atoms with Gasteiger partial charge in [0.25, 0.3) is 0 Å². The lowest BCUT2D eigenvalue weighted by atomic mass is 10.5. The highest BCUT2D eigenvalue weighted by Crippen LogP contribution is 2.31. The van der Waals surface area contributed by atoms with Crippen molar-refractivity contribution in [2.45, 2.75) is 4.90 Å². The second-order valence-electron chi connectivity index (χ2n) is 2.93. The molecular formula is C8H11BrN2O4S2. The molecule has 6 nitrogen and oxygen atoms in total. The maximum atomic E-state index is 11.8. The smallest absolute Gasteiger partial charge is 0.348 e. The summed E-state index contributed by atoms with van der Waals surface area (Å²) in [6, 6.07) is 1.26. The number of nitrogens with one attached hydrogen (secondary N) is 1. The predicted octanol–water partition coefficient (Wildman–Crippen LogP) is 0.534. The number of sulfonamides is 1. The van der Waals surface area contributed by atoms with Crippen molar-refractivity contribution in [1.82, 2.24) is 4.72 Å². The van der Waals surface area contributed by atoms with Gasteiger partial charge in [-0.05, 0) is 22.0 Å². The van der Waals surface area contributed by atoms with Crippen LogP contribution in [0.3, 0.4) is 0 Å². The molecule has 1 rings (SSSR count). The minimum Gasteiger partial charge on any atom is -0.465 e.